The number of aromatic nitrogens is 1. The van der Waals surface area contributed by atoms with Gasteiger partial charge in [0.15, 0.2) is 14.6 Å². The molecule has 0 saturated carbocycles. The van der Waals surface area contributed by atoms with Gasteiger partial charge in [-0.25, -0.2) is 13.2 Å². The standard InChI is InChI=1S/C21H28N4O7S2/c1-3-32-21(28)24-10-8-23(9-11-24)19(27)15-34(29,30)14-18(26)22-20-25(12-13-31-2)16-6-4-5-7-17(16)33-20/h4-7H,3,8-15H2,1-2H3. The number of thiazole rings is 1. The van der Waals surface area contributed by atoms with Crippen LogP contribution in [0.5, 0.6) is 0 Å². The molecule has 0 radical (unpaired) electrons. The molecule has 11 nitrogen and oxygen atoms in total. The second kappa shape index (κ2) is 11.6. The lowest BCUT2D eigenvalue weighted by Crippen LogP contribution is -2.52. The maximum Gasteiger partial charge on any atom is 0.409 e. The van der Waals surface area contributed by atoms with Crippen molar-refractivity contribution in [3.63, 3.8) is 0 Å². The van der Waals surface area contributed by atoms with Gasteiger partial charge in [0.05, 0.1) is 23.4 Å². The van der Waals surface area contributed by atoms with Crippen LogP contribution in [-0.4, -0.2) is 98.7 Å². The van der Waals surface area contributed by atoms with Crippen molar-refractivity contribution >= 4 is 49.3 Å². The fourth-order valence-corrected chi connectivity index (χ4v) is 5.69. The number of para-hydroxylation sites is 1. The van der Waals surface area contributed by atoms with Gasteiger partial charge in [-0.1, -0.05) is 23.5 Å². The Kier molecular flexibility index (Phi) is 8.80. The first-order valence-corrected chi connectivity index (χ1v) is 13.4. The van der Waals surface area contributed by atoms with Crippen LogP contribution in [0.3, 0.4) is 0 Å². The Hall–Kier alpha value is -2.77. The fraction of sp³-hybridized carbons (Fsp3) is 0.524. The Morgan fingerprint density at radius 2 is 1.74 bits per heavy atom. The van der Waals surface area contributed by atoms with Gasteiger partial charge in [0, 0.05) is 39.8 Å². The first kappa shape index (κ1) is 25.8. The molecule has 0 bridgehead atoms. The lowest BCUT2D eigenvalue weighted by molar-refractivity contribution is -0.130. The van der Waals surface area contributed by atoms with Crippen LogP contribution in [0.4, 0.5) is 4.79 Å². The zero-order valence-electron chi connectivity index (χ0n) is 19.1. The van der Waals surface area contributed by atoms with E-state index in [4.69, 9.17) is 9.47 Å². The third-order valence-corrected chi connectivity index (χ3v) is 7.61. The minimum atomic E-state index is -4.02. The van der Waals surface area contributed by atoms with Crippen molar-refractivity contribution in [2.75, 3.05) is 58.0 Å². The van der Waals surface area contributed by atoms with E-state index in [1.54, 1.807) is 14.0 Å². The lowest BCUT2D eigenvalue weighted by atomic mass is 10.3. The summed E-state index contributed by atoms with van der Waals surface area (Å²) in [5.74, 6) is -3.09. The predicted octanol–water partition coefficient (Wildman–Crippen LogP) is 0.492. The van der Waals surface area contributed by atoms with Gasteiger partial charge in [0.25, 0.3) is 5.91 Å². The van der Waals surface area contributed by atoms with Gasteiger partial charge in [-0.15, -0.1) is 0 Å². The van der Waals surface area contributed by atoms with Gasteiger partial charge in [0.1, 0.15) is 11.5 Å². The van der Waals surface area contributed by atoms with E-state index in [-0.39, 0.29) is 32.8 Å². The Morgan fingerprint density at radius 1 is 1.06 bits per heavy atom. The van der Waals surface area contributed by atoms with Crippen molar-refractivity contribution < 1.29 is 32.3 Å². The monoisotopic (exact) mass is 512 g/mol. The number of carbonyl (C=O) groups is 3. The maximum absolute atomic E-state index is 12.5. The minimum Gasteiger partial charge on any atom is -0.450 e. The van der Waals surface area contributed by atoms with Crippen molar-refractivity contribution in [2.45, 2.75) is 13.5 Å². The molecule has 2 aromatic rings. The molecular weight excluding hydrogens is 484 g/mol. The Morgan fingerprint density at radius 3 is 2.41 bits per heavy atom. The molecule has 1 aromatic heterocycles. The van der Waals surface area contributed by atoms with E-state index < -0.39 is 39.3 Å². The predicted molar refractivity (Wildman–Crippen MR) is 126 cm³/mol. The highest BCUT2D eigenvalue weighted by molar-refractivity contribution is 7.92. The largest absolute Gasteiger partial charge is 0.450 e. The molecule has 13 heteroatoms. The molecule has 186 valence electrons. The molecule has 34 heavy (non-hydrogen) atoms. The number of fused-ring (bicyclic) bond motifs is 1. The SMILES string of the molecule is CCOC(=O)N1CCN(C(=O)CS(=O)(=O)CC(=O)N=c2sc3ccccc3n2CCOC)CC1. The number of nitrogens with zero attached hydrogens (tertiary/aromatic N) is 4. The molecule has 0 atom stereocenters. The number of rotatable bonds is 8. The number of sulfone groups is 1. The van der Waals surface area contributed by atoms with Crippen molar-refractivity contribution in [1.29, 1.82) is 0 Å². The molecule has 1 aliphatic rings. The lowest BCUT2D eigenvalue weighted by Gasteiger charge is -2.34. The summed E-state index contributed by atoms with van der Waals surface area (Å²) in [6.07, 6.45) is -0.460. The second-order valence-electron chi connectivity index (χ2n) is 7.60. The summed E-state index contributed by atoms with van der Waals surface area (Å²) in [6.45, 7) is 3.73. The Bertz CT molecular complexity index is 1210. The molecule has 2 heterocycles. The quantitative estimate of drug-likeness (QED) is 0.504. The van der Waals surface area contributed by atoms with Crippen LogP contribution in [0.25, 0.3) is 10.2 Å². The average Bonchev–Trinajstić information content (AvgIpc) is 3.13. The van der Waals surface area contributed by atoms with Crippen LogP contribution in [0.15, 0.2) is 29.3 Å². The zero-order valence-corrected chi connectivity index (χ0v) is 20.8. The molecule has 0 aliphatic carbocycles. The average molecular weight is 513 g/mol. The summed E-state index contributed by atoms with van der Waals surface area (Å²) in [4.78, 5) is 44.0. The van der Waals surface area contributed by atoms with E-state index in [1.807, 2.05) is 28.8 Å². The second-order valence-corrected chi connectivity index (χ2v) is 10.7. The highest BCUT2D eigenvalue weighted by Crippen LogP contribution is 2.16. The van der Waals surface area contributed by atoms with Gasteiger partial charge < -0.3 is 23.8 Å². The number of methoxy groups -OCH3 is 1. The molecule has 1 saturated heterocycles. The number of hydrogen-bond acceptors (Lipinski definition) is 8. The summed E-state index contributed by atoms with van der Waals surface area (Å²) in [7, 11) is -2.45. The third-order valence-electron chi connectivity index (χ3n) is 5.17. The molecule has 1 fully saturated rings. The summed E-state index contributed by atoms with van der Waals surface area (Å²) in [5.41, 5.74) is 0.871. The van der Waals surface area contributed by atoms with Gasteiger partial charge in [-0.05, 0) is 19.1 Å². The number of piperazine rings is 1. The van der Waals surface area contributed by atoms with Crippen LogP contribution in [-0.2, 0) is 35.4 Å². The number of benzene rings is 1. The van der Waals surface area contributed by atoms with E-state index in [9.17, 15) is 22.8 Å². The smallest absolute Gasteiger partial charge is 0.409 e. The summed E-state index contributed by atoms with van der Waals surface area (Å²) in [5, 5.41) is 0. The summed E-state index contributed by atoms with van der Waals surface area (Å²) in [6, 6.07) is 7.52. The van der Waals surface area contributed by atoms with E-state index in [0.29, 0.717) is 18.0 Å². The number of hydrogen-bond donors (Lipinski definition) is 0. The molecular formula is C21H28N4O7S2. The Balaban J connectivity index is 1.64. The van der Waals surface area contributed by atoms with Crippen LogP contribution in [0.2, 0.25) is 0 Å². The molecule has 0 unspecified atom stereocenters. The van der Waals surface area contributed by atoms with Crippen LogP contribution >= 0.6 is 11.3 Å². The van der Waals surface area contributed by atoms with Gasteiger partial charge in [-0.2, -0.15) is 4.99 Å². The molecule has 3 amide bonds. The summed E-state index contributed by atoms with van der Waals surface area (Å²) >= 11 is 1.28. The molecule has 1 aromatic carbocycles. The van der Waals surface area contributed by atoms with Crippen LogP contribution in [0, 0.1) is 0 Å². The molecule has 3 rings (SSSR count). The zero-order chi connectivity index (χ0) is 24.7. The number of carbonyl (C=O) groups excluding carboxylic acids is 3. The number of amides is 3. The molecule has 0 N–H and O–H groups in total. The third kappa shape index (κ3) is 6.64. The van der Waals surface area contributed by atoms with Crippen molar-refractivity contribution in [1.82, 2.24) is 14.4 Å². The van der Waals surface area contributed by atoms with E-state index in [0.717, 1.165) is 10.2 Å². The van der Waals surface area contributed by atoms with Gasteiger partial charge in [0.2, 0.25) is 5.91 Å². The van der Waals surface area contributed by atoms with E-state index in [1.165, 1.54) is 21.1 Å². The topological polar surface area (TPSA) is 128 Å². The van der Waals surface area contributed by atoms with E-state index in [2.05, 4.69) is 4.99 Å². The fourth-order valence-electron chi connectivity index (χ4n) is 3.52. The van der Waals surface area contributed by atoms with Crippen LogP contribution < -0.4 is 4.80 Å². The highest BCUT2D eigenvalue weighted by atomic mass is 32.2. The molecule has 0 spiro atoms. The minimum absolute atomic E-state index is 0.201. The van der Waals surface area contributed by atoms with Gasteiger partial charge >= 0.3 is 6.09 Å². The number of ether oxygens (including phenoxy) is 2. The normalized spacial score (nSPS) is 15.1. The first-order valence-electron chi connectivity index (χ1n) is 10.8. The maximum atomic E-state index is 12.5. The Labute approximate surface area is 201 Å². The molecule has 1 aliphatic heterocycles. The summed E-state index contributed by atoms with van der Waals surface area (Å²) < 4.78 is 37.8. The van der Waals surface area contributed by atoms with Crippen molar-refractivity contribution in [3.05, 3.63) is 29.1 Å². The van der Waals surface area contributed by atoms with Crippen molar-refractivity contribution in [2.24, 2.45) is 4.99 Å². The first-order chi connectivity index (χ1) is 16.2. The van der Waals surface area contributed by atoms with Gasteiger partial charge in [-0.3, -0.25) is 9.59 Å². The van der Waals surface area contributed by atoms with Crippen molar-refractivity contribution in [3.8, 4) is 0 Å². The van der Waals surface area contributed by atoms with Crippen LogP contribution in [0.1, 0.15) is 6.92 Å². The van der Waals surface area contributed by atoms with E-state index >= 15 is 0 Å². The highest BCUT2D eigenvalue weighted by Gasteiger charge is 2.28.